The summed E-state index contributed by atoms with van der Waals surface area (Å²) in [6, 6.07) is 7.27. The zero-order chi connectivity index (χ0) is 39.3. The molecule has 7 rings (SSSR count). The lowest BCUT2D eigenvalue weighted by molar-refractivity contribution is -0.140. The fourth-order valence-electron chi connectivity index (χ4n) is 7.58. The third kappa shape index (κ3) is 7.76. The molecule has 2 aromatic carbocycles. The summed E-state index contributed by atoms with van der Waals surface area (Å²) < 4.78 is 91.0. The molecule has 55 heavy (non-hydrogen) atoms. The van der Waals surface area contributed by atoms with E-state index in [9.17, 15) is 40.4 Å². The van der Waals surface area contributed by atoms with Crippen molar-refractivity contribution in [1.29, 1.82) is 0 Å². The molecular weight excluding hydrogens is 745 g/mol. The Bertz CT molecular complexity index is 2140. The number of hydrogen-bond acceptors (Lipinski definition) is 8. The first-order valence-electron chi connectivity index (χ1n) is 18.7. The maximum Gasteiger partial charge on any atom is 0.416 e. The Kier molecular flexibility index (Phi) is 10.1. The van der Waals surface area contributed by atoms with Crippen LogP contribution >= 0.6 is 0 Å². The van der Waals surface area contributed by atoms with E-state index in [0.717, 1.165) is 17.6 Å². The number of hydrogen-bond donors (Lipinski definition) is 3. The molecule has 296 valence electrons. The average molecular weight is 789 g/mol. The summed E-state index contributed by atoms with van der Waals surface area (Å²) in [5.74, 6) is -3.85. The van der Waals surface area contributed by atoms with Crippen molar-refractivity contribution in [2.75, 3.05) is 11.9 Å². The second-order valence-electron chi connectivity index (χ2n) is 15.3. The van der Waals surface area contributed by atoms with E-state index in [1.54, 1.807) is 13.0 Å². The Hall–Kier alpha value is -4.67. The van der Waals surface area contributed by atoms with Gasteiger partial charge in [0.15, 0.2) is 0 Å². The largest absolute Gasteiger partial charge is 0.459 e. The Morgan fingerprint density at radius 3 is 2.60 bits per heavy atom. The predicted molar refractivity (Wildman–Crippen MR) is 195 cm³/mol. The smallest absolute Gasteiger partial charge is 0.416 e. The van der Waals surface area contributed by atoms with Crippen LogP contribution in [-0.2, 0) is 37.1 Å². The molecule has 0 spiro atoms. The predicted octanol–water partition coefficient (Wildman–Crippen LogP) is 5.44. The van der Waals surface area contributed by atoms with E-state index in [1.807, 2.05) is 41.8 Å². The minimum Gasteiger partial charge on any atom is -0.459 e. The van der Waals surface area contributed by atoms with Gasteiger partial charge in [-0.15, -0.1) is 0 Å². The Balaban J connectivity index is 1.22. The van der Waals surface area contributed by atoms with E-state index in [4.69, 9.17) is 4.74 Å². The molecule has 2 aliphatic carbocycles. The highest BCUT2D eigenvalue weighted by molar-refractivity contribution is 7.91. The zero-order valence-electron chi connectivity index (χ0n) is 30.5. The van der Waals surface area contributed by atoms with Gasteiger partial charge in [0.1, 0.15) is 29.5 Å². The lowest BCUT2D eigenvalue weighted by Crippen LogP contribution is -2.58. The number of allylic oxidation sites excluding steroid dienone is 1. The minimum atomic E-state index is -4.84. The Morgan fingerprint density at radius 2 is 1.87 bits per heavy atom. The van der Waals surface area contributed by atoms with Crippen molar-refractivity contribution in [3.8, 4) is 6.01 Å². The van der Waals surface area contributed by atoms with E-state index in [0.29, 0.717) is 56.7 Å². The first-order chi connectivity index (χ1) is 26.0. The number of para-hydroxylation sites is 2. The molecule has 2 aliphatic heterocycles. The summed E-state index contributed by atoms with van der Waals surface area (Å²) in [6.45, 7) is 3.85. The first kappa shape index (κ1) is 38.6. The van der Waals surface area contributed by atoms with Crippen LogP contribution in [0.2, 0.25) is 0 Å². The van der Waals surface area contributed by atoms with Gasteiger partial charge in [-0.1, -0.05) is 37.1 Å². The van der Waals surface area contributed by atoms with Gasteiger partial charge in [-0.05, 0) is 82.7 Å². The minimum absolute atomic E-state index is 0.0377. The zero-order valence-corrected chi connectivity index (χ0v) is 31.3. The molecule has 0 bridgehead atoms. The van der Waals surface area contributed by atoms with Crippen molar-refractivity contribution in [1.82, 2.24) is 24.5 Å². The van der Waals surface area contributed by atoms with Crippen molar-refractivity contribution >= 4 is 44.5 Å². The molecule has 1 aromatic heterocycles. The van der Waals surface area contributed by atoms with E-state index < -0.39 is 79.7 Å². The summed E-state index contributed by atoms with van der Waals surface area (Å²) in [4.78, 5) is 48.7. The molecule has 1 saturated heterocycles. The topological polar surface area (TPSA) is 152 Å². The number of imidazole rings is 1. The van der Waals surface area contributed by atoms with Gasteiger partial charge in [0.05, 0.1) is 27.9 Å². The normalized spacial score (nSPS) is 27.6. The van der Waals surface area contributed by atoms with Crippen molar-refractivity contribution in [2.24, 2.45) is 5.92 Å². The van der Waals surface area contributed by atoms with Crippen LogP contribution in [0.1, 0.15) is 77.2 Å². The number of ether oxygens (including phenoxy) is 1. The van der Waals surface area contributed by atoms with Gasteiger partial charge in [-0.2, -0.15) is 18.2 Å². The van der Waals surface area contributed by atoms with Gasteiger partial charge in [0, 0.05) is 24.6 Å². The average Bonchev–Trinajstić information content (AvgIpc) is 3.95. The van der Waals surface area contributed by atoms with Crippen LogP contribution in [0.4, 0.5) is 23.2 Å². The van der Waals surface area contributed by atoms with E-state index in [-0.39, 0.29) is 37.5 Å². The third-order valence-electron chi connectivity index (χ3n) is 11.2. The quantitative estimate of drug-likeness (QED) is 0.202. The van der Waals surface area contributed by atoms with Crippen LogP contribution in [0.3, 0.4) is 0 Å². The fourth-order valence-corrected chi connectivity index (χ4v) is 8.89. The first-order valence-corrected chi connectivity index (χ1v) is 20.1. The molecule has 3 amide bonds. The van der Waals surface area contributed by atoms with Gasteiger partial charge in [0.25, 0.3) is 11.9 Å². The highest BCUT2D eigenvalue weighted by atomic mass is 32.2. The molecule has 2 saturated carbocycles. The highest BCUT2D eigenvalue weighted by Crippen LogP contribution is 2.47. The lowest BCUT2D eigenvalue weighted by atomic mass is 10.0. The van der Waals surface area contributed by atoms with Crippen LogP contribution in [0.5, 0.6) is 6.01 Å². The molecule has 17 heteroatoms. The molecule has 0 radical (unpaired) electrons. The van der Waals surface area contributed by atoms with Crippen LogP contribution in [-0.4, -0.2) is 75.6 Å². The second kappa shape index (κ2) is 14.4. The van der Waals surface area contributed by atoms with Crippen LogP contribution < -0.4 is 20.1 Å². The van der Waals surface area contributed by atoms with E-state index in [1.165, 1.54) is 4.90 Å². The number of aromatic nitrogens is 2. The number of amides is 3. The molecule has 3 N–H and O–H groups in total. The number of carbonyl (C=O) groups excluding carboxylic acids is 3. The Morgan fingerprint density at radius 1 is 1.11 bits per heavy atom. The number of carbonyl (C=O) groups is 3. The number of rotatable bonds is 8. The molecule has 5 atom stereocenters. The molecule has 3 heterocycles. The molecule has 12 nitrogen and oxygen atoms in total. The van der Waals surface area contributed by atoms with Gasteiger partial charge in [0.2, 0.25) is 21.8 Å². The summed E-state index contributed by atoms with van der Waals surface area (Å²) in [5, 5.41) is 5.64. The molecule has 4 aliphatic rings. The number of aryl methyl sites for hydroxylation is 1. The highest BCUT2D eigenvalue weighted by Gasteiger charge is 2.63. The monoisotopic (exact) mass is 788 g/mol. The standard InChI is InChI=1S/C38H44F4N6O6S/c1-3-47-30-14-10-9-12-28(30)44-35(47)54-27-20-31-32(49)45-37(34(51)46-55(52,53)36(2)15-16-36)21-23(37)11-7-5-4-6-8-13-29(33(50)48(31)22-27)43-26-18-24(38(40,41)42)17-25(39)19-26/h7,9-12,14,17-19,23,27,29,31,43H,3-6,8,13,15-16,20-22H2,1-2H3,(H,45,49)(H,46,51)/b11-7-/t23-,27-,29+,31+,37-/m1/s1. The number of sulfonamides is 1. The fraction of sp³-hybridized carbons (Fsp3) is 0.526. The van der Waals surface area contributed by atoms with Crippen molar-refractivity contribution < 1.29 is 45.1 Å². The van der Waals surface area contributed by atoms with E-state index >= 15 is 0 Å². The molecule has 3 fully saturated rings. The third-order valence-corrected chi connectivity index (χ3v) is 13.4. The number of halogens is 4. The summed E-state index contributed by atoms with van der Waals surface area (Å²) in [5.41, 5.74) is -1.58. The lowest BCUT2D eigenvalue weighted by Gasteiger charge is -2.30. The number of nitrogens with zero attached hydrogens (tertiary/aromatic N) is 3. The van der Waals surface area contributed by atoms with E-state index in [2.05, 4.69) is 20.3 Å². The SMILES string of the molecule is CCn1c(O[C@@H]2C[C@H]3C(=O)N[C@]4(C(=O)NS(=O)(=O)C5(C)CC5)C[C@H]4/C=C\CCCCC[C@H](Nc4cc(F)cc(C(F)(F)F)c4)C(=O)N3C2)nc2ccccc21. The molecule has 0 unspecified atom stereocenters. The summed E-state index contributed by atoms with van der Waals surface area (Å²) in [6.07, 6.45) is 1.51. The van der Waals surface area contributed by atoms with Crippen LogP contribution in [0.15, 0.2) is 54.6 Å². The van der Waals surface area contributed by atoms with Gasteiger partial charge in [-0.25, -0.2) is 12.8 Å². The molecule has 3 aromatic rings. The maximum absolute atomic E-state index is 14.6. The summed E-state index contributed by atoms with van der Waals surface area (Å²) in [7, 11) is -4.04. The number of anilines is 1. The van der Waals surface area contributed by atoms with Crippen LogP contribution in [0, 0.1) is 11.7 Å². The summed E-state index contributed by atoms with van der Waals surface area (Å²) >= 11 is 0. The van der Waals surface area contributed by atoms with Crippen molar-refractivity contribution in [3.05, 3.63) is 66.0 Å². The van der Waals surface area contributed by atoms with Gasteiger partial charge >= 0.3 is 6.18 Å². The number of nitrogens with one attached hydrogen (secondary N) is 3. The van der Waals surface area contributed by atoms with Crippen LogP contribution in [0.25, 0.3) is 11.0 Å². The molecular formula is C38H44F4N6O6S. The van der Waals surface area contributed by atoms with Crippen molar-refractivity contribution in [2.45, 2.75) is 113 Å². The number of fused-ring (bicyclic) bond motifs is 3. The Labute approximate surface area is 316 Å². The maximum atomic E-state index is 14.6. The van der Waals surface area contributed by atoms with Crippen molar-refractivity contribution in [3.63, 3.8) is 0 Å². The van der Waals surface area contributed by atoms with Gasteiger partial charge < -0.3 is 20.3 Å². The number of alkyl halides is 3. The second-order valence-corrected chi connectivity index (χ2v) is 17.5. The van der Waals surface area contributed by atoms with Gasteiger partial charge in [-0.3, -0.25) is 23.7 Å². The number of benzene rings is 2.